The van der Waals surface area contributed by atoms with Crippen LogP contribution in [-0.4, -0.2) is 14.9 Å². The van der Waals surface area contributed by atoms with Gasteiger partial charge in [-0.05, 0) is 61.5 Å². The van der Waals surface area contributed by atoms with Gasteiger partial charge in [-0.1, -0.05) is 41.4 Å². The van der Waals surface area contributed by atoms with Crippen LogP contribution >= 0.6 is 35.4 Å². The predicted molar refractivity (Wildman–Crippen MR) is 114 cm³/mol. The van der Waals surface area contributed by atoms with Crippen LogP contribution in [0, 0.1) is 13.8 Å². The highest BCUT2D eigenvalue weighted by Gasteiger charge is 2.09. The van der Waals surface area contributed by atoms with Gasteiger partial charge in [0.05, 0.1) is 6.54 Å². The van der Waals surface area contributed by atoms with Gasteiger partial charge in [-0.25, -0.2) is 0 Å². The number of hydrogen-bond acceptors (Lipinski definition) is 2. The van der Waals surface area contributed by atoms with E-state index in [0.717, 1.165) is 22.5 Å². The third-order valence-electron chi connectivity index (χ3n) is 3.83. The number of aryl methyl sites for hydroxylation is 2. The van der Waals surface area contributed by atoms with E-state index in [2.05, 4.69) is 15.7 Å². The Balaban J connectivity index is 1.68. The minimum Gasteiger partial charge on any atom is -0.332 e. The molecule has 0 unspecified atom stereocenters. The molecule has 0 radical (unpaired) electrons. The highest BCUT2D eigenvalue weighted by Crippen LogP contribution is 2.22. The molecule has 4 nitrogen and oxygen atoms in total. The average molecular weight is 405 g/mol. The zero-order chi connectivity index (χ0) is 18.7. The van der Waals surface area contributed by atoms with Gasteiger partial charge in [0.25, 0.3) is 0 Å². The van der Waals surface area contributed by atoms with Crippen molar-refractivity contribution in [2.45, 2.75) is 20.4 Å². The lowest BCUT2D eigenvalue weighted by Crippen LogP contribution is -2.19. The SMILES string of the molecule is Cc1cccc(NC(=S)Nc2cc(C)n(Cc3ccc(Cl)cc3Cl)n2)c1. The summed E-state index contributed by atoms with van der Waals surface area (Å²) in [5.41, 5.74) is 4.05. The Morgan fingerprint density at radius 1 is 1.08 bits per heavy atom. The normalized spacial score (nSPS) is 10.6. The van der Waals surface area contributed by atoms with Crippen molar-refractivity contribution in [1.82, 2.24) is 9.78 Å². The standard InChI is InChI=1S/C19H18Cl2N4S/c1-12-4-3-5-16(8-12)22-19(26)23-18-9-13(2)25(24-18)11-14-6-7-15(20)10-17(14)21/h3-10H,11H2,1-2H3,(H2,22,23,24,26). The Hall–Kier alpha value is -2.08. The van der Waals surface area contributed by atoms with Gasteiger partial charge < -0.3 is 10.6 Å². The van der Waals surface area contributed by atoms with E-state index in [1.807, 2.05) is 61.0 Å². The van der Waals surface area contributed by atoms with Crippen molar-refractivity contribution >= 4 is 52.0 Å². The maximum atomic E-state index is 6.25. The number of halogens is 2. The molecule has 1 heterocycles. The minimum atomic E-state index is 0.491. The zero-order valence-corrected chi connectivity index (χ0v) is 16.7. The Morgan fingerprint density at radius 2 is 1.88 bits per heavy atom. The van der Waals surface area contributed by atoms with E-state index in [0.29, 0.717) is 27.5 Å². The molecule has 0 aliphatic carbocycles. The molecule has 0 saturated heterocycles. The second kappa shape index (κ2) is 8.08. The van der Waals surface area contributed by atoms with Crippen LogP contribution < -0.4 is 10.6 Å². The summed E-state index contributed by atoms with van der Waals surface area (Å²) in [7, 11) is 0. The molecule has 2 N–H and O–H groups in total. The van der Waals surface area contributed by atoms with Crippen molar-refractivity contribution in [3.8, 4) is 0 Å². The Kier molecular flexibility index (Phi) is 5.81. The third-order valence-corrected chi connectivity index (χ3v) is 4.63. The summed E-state index contributed by atoms with van der Waals surface area (Å²) in [5, 5.41) is 12.6. The van der Waals surface area contributed by atoms with Crippen LogP contribution in [0.15, 0.2) is 48.5 Å². The Morgan fingerprint density at radius 3 is 2.62 bits per heavy atom. The predicted octanol–water partition coefficient (Wildman–Crippen LogP) is 5.66. The summed E-state index contributed by atoms with van der Waals surface area (Å²) in [6.45, 7) is 4.58. The smallest absolute Gasteiger partial charge is 0.176 e. The van der Waals surface area contributed by atoms with Gasteiger partial charge in [0.2, 0.25) is 0 Å². The fourth-order valence-corrected chi connectivity index (χ4v) is 3.23. The first-order chi connectivity index (χ1) is 12.4. The summed E-state index contributed by atoms with van der Waals surface area (Å²) in [4.78, 5) is 0. The molecule has 7 heteroatoms. The molecular weight excluding hydrogens is 387 g/mol. The number of aromatic nitrogens is 2. The molecule has 0 fully saturated rings. The molecule has 0 spiro atoms. The van der Waals surface area contributed by atoms with E-state index in [9.17, 15) is 0 Å². The Labute approximate surface area is 168 Å². The van der Waals surface area contributed by atoms with E-state index in [-0.39, 0.29) is 0 Å². The maximum absolute atomic E-state index is 6.25. The first kappa shape index (κ1) is 18.7. The molecular formula is C19H18Cl2N4S. The molecule has 26 heavy (non-hydrogen) atoms. The van der Waals surface area contributed by atoms with Crippen molar-refractivity contribution < 1.29 is 0 Å². The van der Waals surface area contributed by atoms with Crippen molar-refractivity contribution in [1.29, 1.82) is 0 Å². The van der Waals surface area contributed by atoms with Crippen LogP contribution in [0.5, 0.6) is 0 Å². The van der Waals surface area contributed by atoms with Crippen molar-refractivity contribution in [2.75, 3.05) is 10.6 Å². The van der Waals surface area contributed by atoms with Crippen molar-refractivity contribution in [3.63, 3.8) is 0 Å². The first-order valence-electron chi connectivity index (χ1n) is 8.04. The average Bonchev–Trinajstić information content (AvgIpc) is 2.89. The van der Waals surface area contributed by atoms with E-state index in [4.69, 9.17) is 35.4 Å². The fraction of sp³-hybridized carbons (Fsp3) is 0.158. The lowest BCUT2D eigenvalue weighted by atomic mass is 10.2. The van der Waals surface area contributed by atoms with Crippen LogP contribution in [0.3, 0.4) is 0 Å². The van der Waals surface area contributed by atoms with Crippen LogP contribution in [0.25, 0.3) is 0 Å². The summed E-state index contributed by atoms with van der Waals surface area (Å²) >= 11 is 17.6. The monoisotopic (exact) mass is 404 g/mol. The van der Waals surface area contributed by atoms with Gasteiger partial charge in [-0.15, -0.1) is 0 Å². The molecule has 0 aliphatic rings. The molecule has 3 aromatic rings. The van der Waals surface area contributed by atoms with Crippen LogP contribution in [0.1, 0.15) is 16.8 Å². The third kappa shape index (κ3) is 4.75. The highest BCUT2D eigenvalue weighted by atomic mass is 35.5. The number of anilines is 2. The van der Waals surface area contributed by atoms with Gasteiger partial charge in [-0.3, -0.25) is 4.68 Å². The molecule has 0 aliphatic heterocycles. The second-order valence-corrected chi connectivity index (χ2v) is 7.26. The first-order valence-corrected chi connectivity index (χ1v) is 9.20. The number of thiocarbonyl (C=S) groups is 1. The molecule has 0 saturated carbocycles. The topological polar surface area (TPSA) is 41.9 Å². The number of benzene rings is 2. The van der Waals surface area contributed by atoms with Crippen molar-refractivity contribution in [3.05, 3.63) is 75.4 Å². The lowest BCUT2D eigenvalue weighted by Gasteiger charge is -2.09. The Bertz CT molecular complexity index is 952. The van der Waals surface area contributed by atoms with E-state index >= 15 is 0 Å². The summed E-state index contributed by atoms with van der Waals surface area (Å²) in [6.07, 6.45) is 0. The van der Waals surface area contributed by atoms with Gasteiger partial charge in [-0.2, -0.15) is 5.10 Å². The molecule has 0 amide bonds. The molecule has 1 aromatic heterocycles. The highest BCUT2D eigenvalue weighted by molar-refractivity contribution is 7.80. The largest absolute Gasteiger partial charge is 0.332 e. The molecule has 3 rings (SSSR count). The van der Waals surface area contributed by atoms with Crippen LogP contribution in [-0.2, 0) is 6.54 Å². The summed E-state index contributed by atoms with van der Waals surface area (Å²) < 4.78 is 1.87. The molecule has 2 aromatic carbocycles. The summed E-state index contributed by atoms with van der Waals surface area (Å²) in [5.74, 6) is 0.678. The summed E-state index contributed by atoms with van der Waals surface area (Å²) in [6, 6.07) is 15.4. The second-order valence-electron chi connectivity index (χ2n) is 6.01. The molecule has 0 bridgehead atoms. The van der Waals surface area contributed by atoms with Crippen LogP contribution in [0.2, 0.25) is 10.0 Å². The minimum absolute atomic E-state index is 0.491. The van der Waals surface area contributed by atoms with Crippen LogP contribution in [0.4, 0.5) is 11.5 Å². The van der Waals surface area contributed by atoms with Gasteiger partial charge in [0.15, 0.2) is 10.9 Å². The number of nitrogens with one attached hydrogen (secondary N) is 2. The van der Waals surface area contributed by atoms with Crippen molar-refractivity contribution in [2.24, 2.45) is 0 Å². The van der Waals surface area contributed by atoms with E-state index in [1.165, 1.54) is 0 Å². The zero-order valence-electron chi connectivity index (χ0n) is 14.4. The number of rotatable bonds is 4. The molecule has 134 valence electrons. The number of hydrogen-bond donors (Lipinski definition) is 2. The quantitative estimate of drug-likeness (QED) is 0.550. The lowest BCUT2D eigenvalue weighted by molar-refractivity contribution is 0.668. The maximum Gasteiger partial charge on any atom is 0.176 e. The molecule has 0 atom stereocenters. The van der Waals surface area contributed by atoms with Gasteiger partial charge in [0, 0.05) is 27.5 Å². The fourth-order valence-electron chi connectivity index (χ4n) is 2.54. The number of nitrogens with zero attached hydrogens (tertiary/aromatic N) is 2. The van der Waals surface area contributed by atoms with E-state index in [1.54, 1.807) is 6.07 Å². The van der Waals surface area contributed by atoms with Gasteiger partial charge in [0.1, 0.15) is 0 Å². The van der Waals surface area contributed by atoms with Gasteiger partial charge >= 0.3 is 0 Å². The van der Waals surface area contributed by atoms with E-state index < -0.39 is 0 Å².